The summed E-state index contributed by atoms with van der Waals surface area (Å²) in [6.45, 7) is 11.9. The maximum absolute atomic E-state index is 12.9. The van der Waals surface area contributed by atoms with Crippen molar-refractivity contribution >= 4 is 47.1 Å². The average molecular weight is 511 g/mol. The van der Waals surface area contributed by atoms with Crippen LogP contribution in [0.5, 0.6) is 0 Å². The van der Waals surface area contributed by atoms with Crippen LogP contribution in [0.2, 0.25) is 0 Å². The van der Waals surface area contributed by atoms with Crippen molar-refractivity contribution in [1.29, 1.82) is 0 Å². The zero-order valence-corrected chi connectivity index (χ0v) is 21.8. The van der Waals surface area contributed by atoms with Crippen LogP contribution in [0.3, 0.4) is 0 Å². The van der Waals surface area contributed by atoms with Crippen LogP contribution in [0, 0.1) is 5.92 Å². The van der Waals surface area contributed by atoms with E-state index in [1.165, 1.54) is 18.9 Å². The van der Waals surface area contributed by atoms with Crippen molar-refractivity contribution in [2.24, 2.45) is 5.92 Å². The fourth-order valence-corrected chi connectivity index (χ4v) is 3.09. The fraction of sp³-hybridized carbons (Fsp3) is 0.810. The molecule has 1 aliphatic rings. The number of hydrogen-bond donors (Lipinski definition) is 3. The van der Waals surface area contributed by atoms with E-state index in [0.29, 0.717) is 19.4 Å². The van der Waals surface area contributed by atoms with E-state index in [0.717, 1.165) is 0 Å². The second kappa shape index (κ2) is 12.1. The number of alkyl carbamates (subject to hydrolysis) is 1. The van der Waals surface area contributed by atoms with E-state index in [2.05, 4.69) is 16.1 Å². The molecule has 0 aromatic carbocycles. The van der Waals surface area contributed by atoms with E-state index in [-0.39, 0.29) is 12.5 Å². The van der Waals surface area contributed by atoms with Gasteiger partial charge in [0, 0.05) is 6.54 Å². The van der Waals surface area contributed by atoms with Gasteiger partial charge in [-0.05, 0) is 53.4 Å². The summed E-state index contributed by atoms with van der Waals surface area (Å²) in [5.74, 6) is -1.77. The van der Waals surface area contributed by atoms with E-state index in [1.54, 1.807) is 34.6 Å². The SMILES string of the molecule is CC(C)C(NC(=O)OC(C)(C)C)C(=O)N[C@@H](C)C(=O)N1CCC[C@@H](C(=O)OCC(C)(Cl)Cl)N1. The standard InChI is InChI=1S/C21H36Cl2N4O6/c1-12(2)15(25-19(31)33-20(4,5)6)16(28)24-13(3)17(29)27-10-8-9-14(26-27)18(30)32-11-21(7,22)23/h12-15,26H,8-11H2,1-7H3,(H,24,28)(H,25,31)/t13-,14-,15?/m0/s1. The third-order valence-electron chi connectivity index (χ3n) is 4.56. The molecule has 0 bridgehead atoms. The van der Waals surface area contributed by atoms with Gasteiger partial charge in [-0.25, -0.2) is 10.2 Å². The van der Waals surface area contributed by atoms with Crippen LogP contribution in [0.1, 0.15) is 61.3 Å². The van der Waals surface area contributed by atoms with E-state index < -0.39 is 51.9 Å². The molecule has 3 amide bonds. The Morgan fingerprint density at radius 1 is 1.09 bits per heavy atom. The summed E-state index contributed by atoms with van der Waals surface area (Å²) in [5, 5.41) is 6.46. The van der Waals surface area contributed by atoms with Gasteiger partial charge < -0.3 is 20.1 Å². The van der Waals surface area contributed by atoms with Crippen LogP contribution in [0.4, 0.5) is 4.79 Å². The second-order valence-corrected chi connectivity index (χ2v) is 11.5. The fourth-order valence-electron chi connectivity index (χ4n) is 2.98. The number of esters is 1. The molecule has 0 aliphatic carbocycles. The van der Waals surface area contributed by atoms with Gasteiger partial charge in [0.25, 0.3) is 5.91 Å². The molecule has 0 spiro atoms. The molecule has 0 aromatic heterocycles. The van der Waals surface area contributed by atoms with Gasteiger partial charge in [-0.2, -0.15) is 0 Å². The summed E-state index contributed by atoms with van der Waals surface area (Å²) in [4.78, 5) is 50.0. The van der Waals surface area contributed by atoms with Crippen molar-refractivity contribution in [3.63, 3.8) is 0 Å². The van der Waals surface area contributed by atoms with Crippen molar-refractivity contribution in [2.45, 2.75) is 89.4 Å². The molecule has 190 valence electrons. The molecule has 1 rings (SSSR count). The average Bonchev–Trinajstić information content (AvgIpc) is 2.67. The Morgan fingerprint density at radius 3 is 2.21 bits per heavy atom. The molecule has 1 saturated heterocycles. The first-order chi connectivity index (χ1) is 15.0. The second-order valence-electron chi connectivity index (χ2n) is 9.59. The number of halogens is 2. The lowest BCUT2D eigenvalue weighted by molar-refractivity contribution is -0.153. The lowest BCUT2D eigenvalue weighted by Gasteiger charge is -2.35. The zero-order valence-electron chi connectivity index (χ0n) is 20.3. The molecule has 10 nitrogen and oxygen atoms in total. The summed E-state index contributed by atoms with van der Waals surface area (Å²) >= 11 is 11.6. The van der Waals surface area contributed by atoms with Gasteiger partial charge in [0.2, 0.25) is 5.91 Å². The zero-order chi connectivity index (χ0) is 25.6. The van der Waals surface area contributed by atoms with Crippen LogP contribution >= 0.6 is 23.2 Å². The number of amides is 3. The van der Waals surface area contributed by atoms with Crippen molar-refractivity contribution in [3.8, 4) is 0 Å². The summed E-state index contributed by atoms with van der Waals surface area (Å²) in [6, 6.07) is -2.54. The highest BCUT2D eigenvalue weighted by molar-refractivity contribution is 6.48. The Labute approximate surface area is 205 Å². The Morgan fingerprint density at radius 2 is 1.70 bits per heavy atom. The number of carbonyl (C=O) groups is 4. The van der Waals surface area contributed by atoms with Gasteiger partial charge in [-0.15, -0.1) is 0 Å². The van der Waals surface area contributed by atoms with E-state index in [4.69, 9.17) is 32.7 Å². The third kappa shape index (κ3) is 10.8. The smallest absolute Gasteiger partial charge is 0.408 e. The number of rotatable bonds is 8. The largest absolute Gasteiger partial charge is 0.461 e. The molecule has 3 atom stereocenters. The molecule has 12 heteroatoms. The predicted molar refractivity (Wildman–Crippen MR) is 125 cm³/mol. The molecular formula is C21H36Cl2N4O6. The van der Waals surface area contributed by atoms with Gasteiger partial charge in [-0.3, -0.25) is 19.4 Å². The highest BCUT2D eigenvalue weighted by Crippen LogP contribution is 2.20. The minimum Gasteiger partial charge on any atom is -0.461 e. The van der Waals surface area contributed by atoms with Gasteiger partial charge in [0.15, 0.2) is 0 Å². The quantitative estimate of drug-likeness (QED) is 0.337. The molecule has 1 aliphatic heterocycles. The lowest BCUT2D eigenvalue weighted by Crippen LogP contribution is -2.61. The Kier molecular flexibility index (Phi) is 10.7. The highest BCUT2D eigenvalue weighted by atomic mass is 35.5. The summed E-state index contributed by atoms with van der Waals surface area (Å²) in [5.41, 5.74) is 2.12. The minimum atomic E-state index is -1.21. The van der Waals surface area contributed by atoms with Gasteiger partial charge >= 0.3 is 12.1 Å². The lowest BCUT2D eigenvalue weighted by atomic mass is 10.0. The number of nitrogens with zero attached hydrogens (tertiary/aromatic N) is 1. The van der Waals surface area contributed by atoms with Crippen molar-refractivity contribution < 1.29 is 28.7 Å². The molecule has 1 unspecified atom stereocenters. The number of ether oxygens (including phenoxy) is 2. The van der Waals surface area contributed by atoms with Gasteiger partial charge in [0.1, 0.15) is 34.7 Å². The summed E-state index contributed by atoms with van der Waals surface area (Å²) in [6.07, 6.45) is 0.312. The Balaban J connectivity index is 2.70. The first kappa shape index (κ1) is 29.3. The number of hydrazine groups is 1. The van der Waals surface area contributed by atoms with E-state index >= 15 is 0 Å². The van der Waals surface area contributed by atoms with Crippen molar-refractivity contribution in [1.82, 2.24) is 21.1 Å². The normalized spacial score (nSPS) is 18.8. The van der Waals surface area contributed by atoms with Crippen LogP contribution < -0.4 is 16.1 Å². The molecule has 0 saturated carbocycles. The predicted octanol–water partition coefficient (Wildman–Crippen LogP) is 2.27. The van der Waals surface area contributed by atoms with Crippen molar-refractivity contribution in [3.05, 3.63) is 0 Å². The van der Waals surface area contributed by atoms with Crippen LogP contribution in [-0.4, -0.2) is 70.1 Å². The van der Waals surface area contributed by atoms with Crippen molar-refractivity contribution in [2.75, 3.05) is 13.2 Å². The molecule has 1 fully saturated rings. The third-order valence-corrected chi connectivity index (χ3v) is 4.77. The highest BCUT2D eigenvalue weighted by Gasteiger charge is 2.34. The first-order valence-corrected chi connectivity index (χ1v) is 11.7. The van der Waals surface area contributed by atoms with Crippen LogP contribution in [0.15, 0.2) is 0 Å². The number of nitrogens with one attached hydrogen (secondary N) is 3. The Bertz CT molecular complexity index is 721. The van der Waals surface area contributed by atoms with Gasteiger partial charge in [-0.1, -0.05) is 37.0 Å². The summed E-state index contributed by atoms with van der Waals surface area (Å²) < 4.78 is 9.11. The maximum Gasteiger partial charge on any atom is 0.408 e. The van der Waals surface area contributed by atoms with Gasteiger partial charge in [0.05, 0.1) is 0 Å². The van der Waals surface area contributed by atoms with Crippen LogP contribution in [-0.2, 0) is 23.9 Å². The Hall–Kier alpha value is -1.78. The van der Waals surface area contributed by atoms with E-state index in [9.17, 15) is 19.2 Å². The number of carbonyl (C=O) groups excluding carboxylic acids is 4. The monoisotopic (exact) mass is 510 g/mol. The minimum absolute atomic E-state index is 0.186. The molecule has 1 heterocycles. The summed E-state index contributed by atoms with van der Waals surface area (Å²) in [7, 11) is 0. The molecular weight excluding hydrogens is 475 g/mol. The van der Waals surface area contributed by atoms with E-state index in [1.807, 2.05) is 0 Å². The number of alkyl halides is 2. The molecule has 0 radical (unpaired) electrons. The maximum atomic E-state index is 12.9. The topological polar surface area (TPSA) is 126 Å². The first-order valence-electron chi connectivity index (χ1n) is 10.9. The molecule has 33 heavy (non-hydrogen) atoms. The number of hydrogen-bond acceptors (Lipinski definition) is 7. The molecule has 3 N–H and O–H groups in total. The molecule has 0 aromatic rings. The van der Waals surface area contributed by atoms with Crippen LogP contribution in [0.25, 0.3) is 0 Å².